The second-order valence-electron chi connectivity index (χ2n) is 3.36. The molecule has 1 unspecified atom stereocenters. The van der Waals surface area contributed by atoms with Crippen LogP contribution in [-0.2, 0) is 11.4 Å². The van der Waals surface area contributed by atoms with Gasteiger partial charge >= 0.3 is 0 Å². The molecule has 1 aliphatic heterocycles. The summed E-state index contributed by atoms with van der Waals surface area (Å²) in [6.45, 7) is 1.96. The number of nitrogens with zero attached hydrogens (tertiary/aromatic N) is 2. The highest BCUT2D eigenvalue weighted by Gasteiger charge is 2.36. The van der Waals surface area contributed by atoms with Crippen molar-refractivity contribution in [1.29, 1.82) is 0 Å². The van der Waals surface area contributed by atoms with Crippen LogP contribution in [0.3, 0.4) is 0 Å². The van der Waals surface area contributed by atoms with Gasteiger partial charge in [0.1, 0.15) is 6.61 Å². The van der Waals surface area contributed by atoms with Gasteiger partial charge in [-0.3, -0.25) is 0 Å². The Kier molecular flexibility index (Phi) is 2.29. The van der Waals surface area contributed by atoms with Crippen molar-refractivity contribution in [3.8, 4) is 0 Å². The standard InChI is InChI=1S/C8H12N2O2S/c1-8(3-2-4-13-8)7-9-6(5-11)10-12-7/h11H,2-5H2,1H3. The Morgan fingerprint density at radius 3 is 3.08 bits per heavy atom. The summed E-state index contributed by atoms with van der Waals surface area (Å²) in [7, 11) is 0. The molecule has 5 heteroatoms. The molecule has 0 bridgehead atoms. The minimum absolute atomic E-state index is 0.0274. The molecule has 1 aromatic rings. The van der Waals surface area contributed by atoms with Crippen molar-refractivity contribution in [3.63, 3.8) is 0 Å². The predicted molar refractivity (Wildman–Crippen MR) is 49.3 cm³/mol. The predicted octanol–water partition coefficient (Wildman–Crippen LogP) is 1.30. The van der Waals surface area contributed by atoms with Crippen molar-refractivity contribution in [3.05, 3.63) is 11.7 Å². The number of rotatable bonds is 2. The van der Waals surface area contributed by atoms with Gasteiger partial charge in [-0.2, -0.15) is 4.98 Å². The zero-order valence-corrected chi connectivity index (χ0v) is 8.30. The van der Waals surface area contributed by atoms with E-state index in [0.29, 0.717) is 11.7 Å². The van der Waals surface area contributed by atoms with Gasteiger partial charge in [0.2, 0.25) is 5.89 Å². The summed E-state index contributed by atoms with van der Waals surface area (Å²) < 4.78 is 5.07. The zero-order valence-electron chi connectivity index (χ0n) is 7.49. The zero-order chi connectivity index (χ0) is 9.31. The van der Waals surface area contributed by atoms with E-state index in [0.717, 1.165) is 12.2 Å². The Hall–Kier alpha value is -0.550. The molecule has 2 heterocycles. The fourth-order valence-electron chi connectivity index (χ4n) is 1.48. The van der Waals surface area contributed by atoms with E-state index in [2.05, 4.69) is 17.1 Å². The van der Waals surface area contributed by atoms with Crippen molar-refractivity contribution < 1.29 is 9.63 Å². The summed E-state index contributed by atoms with van der Waals surface area (Å²) in [5.41, 5.74) is 0. The third kappa shape index (κ3) is 1.58. The summed E-state index contributed by atoms with van der Waals surface area (Å²) in [5, 5.41) is 12.5. The van der Waals surface area contributed by atoms with E-state index < -0.39 is 0 Å². The van der Waals surface area contributed by atoms with Gasteiger partial charge in [0.25, 0.3) is 0 Å². The van der Waals surface area contributed by atoms with E-state index >= 15 is 0 Å². The molecule has 1 fully saturated rings. The molecule has 72 valence electrons. The topological polar surface area (TPSA) is 59.2 Å². The normalized spacial score (nSPS) is 28.2. The van der Waals surface area contributed by atoms with Gasteiger partial charge in [0.15, 0.2) is 5.82 Å². The molecule has 13 heavy (non-hydrogen) atoms. The first kappa shape index (κ1) is 9.02. The van der Waals surface area contributed by atoms with E-state index in [-0.39, 0.29) is 11.4 Å². The summed E-state index contributed by atoms with van der Waals surface area (Å²) in [6.07, 6.45) is 2.27. The average Bonchev–Trinajstić information content (AvgIpc) is 2.72. The maximum absolute atomic E-state index is 8.79. The van der Waals surface area contributed by atoms with Crippen LogP contribution in [0.25, 0.3) is 0 Å². The van der Waals surface area contributed by atoms with Gasteiger partial charge in [0, 0.05) is 0 Å². The lowest BCUT2D eigenvalue weighted by Gasteiger charge is -2.15. The number of aliphatic hydroxyl groups excluding tert-OH is 1. The van der Waals surface area contributed by atoms with Crippen molar-refractivity contribution in [2.75, 3.05) is 5.75 Å². The van der Waals surface area contributed by atoms with E-state index in [1.165, 1.54) is 6.42 Å². The van der Waals surface area contributed by atoms with Gasteiger partial charge < -0.3 is 9.63 Å². The smallest absolute Gasteiger partial charge is 0.242 e. The Labute approximate surface area is 80.7 Å². The molecule has 1 saturated heterocycles. The fourth-order valence-corrected chi connectivity index (χ4v) is 2.72. The van der Waals surface area contributed by atoms with Crippen LogP contribution in [0.2, 0.25) is 0 Å². The largest absolute Gasteiger partial charge is 0.388 e. The van der Waals surface area contributed by atoms with Crippen LogP contribution < -0.4 is 0 Å². The fraction of sp³-hybridized carbons (Fsp3) is 0.750. The SMILES string of the molecule is CC1(c2nc(CO)no2)CCCS1. The van der Waals surface area contributed by atoms with Crippen LogP contribution >= 0.6 is 11.8 Å². The Morgan fingerprint density at radius 2 is 2.54 bits per heavy atom. The second kappa shape index (κ2) is 3.31. The molecule has 0 amide bonds. The molecule has 1 aliphatic rings. The summed E-state index contributed by atoms with van der Waals surface area (Å²) in [5.74, 6) is 2.18. The molecule has 0 radical (unpaired) electrons. The summed E-state index contributed by atoms with van der Waals surface area (Å²) in [6, 6.07) is 0. The van der Waals surface area contributed by atoms with Crippen LogP contribution in [0.5, 0.6) is 0 Å². The molecule has 1 N–H and O–H groups in total. The molecule has 0 spiro atoms. The van der Waals surface area contributed by atoms with Crippen LogP contribution in [0.4, 0.5) is 0 Å². The molecular weight excluding hydrogens is 188 g/mol. The first-order chi connectivity index (χ1) is 6.24. The number of hydrogen-bond donors (Lipinski definition) is 1. The third-order valence-electron chi connectivity index (χ3n) is 2.28. The maximum atomic E-state index is 8.79. The number of aromatic nitrogens is 2. The maximum Gasteiger partial charge on any atom is 0.242 e. The van der Waals surface area contributed by atoms with Crippen molar-refractivity contribution in [1.82, 2.24) is 10.1 Å². The lowest BCUT2D eigenvalue weighted by atomic mass is 10.1. The number of hydrogen-bond acceptors (Lipinski definition) is 5. The number of thioether (sulfide) groups is 1. The summed E-state index contributed by atoms with van der Waals surface area (Å²) >= 11 is 1.84. The third-order valence-corrected chi connectivity index (χ3v) is 3.79. The van der Waals surface area contributed by atoms with Crippen LogP contribution in [0.15, 0.2) is 4.52 Å². The Balaban J connectivity index is 2.23. The minimum atomic E-state index is -0.149. The van der Waals surface area contributed by atoms with E-state index in [1.807, 2.05) is 11.8 Å². The highest BCUT2D eigenvalue weighted by atomic mass is 32.2. The molecule has 1 atom stereocenters. The number of aliphatic hydroxyl groups is 1. The highest BCUT2D eigenvalue weighted by molar-refractivity contribution is 8.00. The first-order valence-corrected chi connectivity index (χ1v) is 5.31. The molecule has 2 rings (SSSR count). The second-order valence-corrected chi connectivity index (χ2v) is 4.95. The minimum Gasteiger partial charge on any atom is -0.388 e. The quantitative estimate of drug-likeness (QED) is 0.779. The first-order valence-electron chi connectivity index (χ1n) is 4.32. The van der Waals surface area contributed by atoms with Crippen molar-refractivity contribution in [2.24, 2.45) is 0 Å². The van der Waals surface area contributed by atoms with Crippen LogP contribution in [0, 0.1) is 0 Å². The highest BCUT2D eigenvalue weighted by Crippen LogP contribution is 2.45. The van der Waals surface area contributed by atoms with E-state index in [9.17, 15) is 0 Å². The Bertz CT molecular complexity index is 294. The van der Waals surface area contributed by atoms with Gasteiger partial charge in [0.05, 0.1) is 4.75 Å². The summed E-state index contributed by atoms with van der Waals surface area (Å²) in [4.78, 5) is 4.13. The monoisotopic (exact) mass is 200 g/mol. The van der Waals surface area contributed by atoms with Crippen LogP contribution in [0.1, 0.15) is 31.5 Å². The van der Waals surface area contributed by atoms with E-state index in [4.69, 9.17) is 9.63 Å². The molecule has 0 saturated carbocycles. The lowest BCUT2D eigenvalue weighted by Crippen LogP contribution is -2.13. The molecule has 4 nitrogen and oxygen atoms in total. The average molecular weight is 200 g/mol. The van der Waals surface area contributed by atoms with Crippen molar-refractivity contribution >= 4 is 11.8 Å². The molecule has 0 aromatic carbocycles. The van der Waals surface area contributed by atoms with Gasteiger partial charge in [-0.1, -0.05) is 5.16 Å². The molecular formula is C8H12N2O2S. The molecule has 0 aliphatic carbocycles. The lowest BCUT2D eigenvalue weighted by molar-refractivity contribution is 0.261. The van der Waals surface area contributed by atoms with Gasteiger partial charge in [-0.05, 0) is 25.5 Å². The van der Waals surface area contributed by atoms with Gasteiger partial charge in [-0.25, -0.2) is 0 Å². The van der Waals surface area contributed by atoms with Gasteiger partial charge in [-0.15, -0.1) is 11.8 Å². The van der Waals surface area contributed by atoms with Crippen molar-refractivity contribution in [2.45, 2.75) is 31.1 Å². The molecule has 1 aromatic heterocycles. The van der Waals surface area contributed by atoms with E-state index in [1.54, 1.807) is 0 Å². The Morgan fingerprint density at radius 1 is 1.69 bits per heavy atom. The van der Waals surface area contributed by atoms with Crippen LogP contribution in [-0.4, -0.2) is 21.0 Å².